The molecule has 0 amide bonds. The maximum atomic E-state index is 12.2. The average Bonchev–Trinajstić information content (AvgIpc) is 3.09. The van der Waals surface area contributed by atoms with Crippen LogP contribution in [0.25, 0.3) is 11.0 Å². The van der Waals surface area contributed by atoms with Crippen molar-refractivity contribution in [2.24, 2.45) is 5.92 Å². The lowest BCUT2D eigenvalue weighted by molar-refractivity contribution is -0.128. The number of aromatic nitrogens is 2. The zero-order valence-electron chi connectivity index (χ0n) is 13.7. The van der Waals surface area contributed by atoms with Gasteiger partial charge in [-0.05, 0) is 25.8 Å². The Kier molecular flexibility index (Phi) is 5.08. The maximum Gasteiger partial charge on any atom is 0.162 e. The number of hydrazine groups is 1. The molecule has 1 atom stereocenters. The number of hydrogen-bond acceptors (Lipinski definition) is 6. The molecule has 0 saturated carbocycles. The van der Waals surface area contributed by atoms with Crippen LogP contribution in [0.4, 0.5) is 5.69 Å². The second-order valence-corrected chi connectivity index (χ2v) is 5.90. The highest BCUT2D eigenvalue weighted by atomic mass is 16.5. The van der Waals surface area contributed by atoms with Crippen LogP contribution in [0.5, 0.6) is 0 Å². The van der Waals surface area contributed by atoms with E-state index in [4.69, 9.17) is 4.74 Å². The maximum absolute atomic E-state index is 12.2. The van der Waals surface area contributed by atoms with Gasteiger partial charge in [-0.25, -0.2) is 9.99 Å². The van der Waals surface area contributed by atoms with Gasteiger partial charge in [-0.15, -0.1) is 0 Å². The van der Waals surface area contributed by atoms with Gasteiger partial charge in [-0.1, -0.05) is 0 Å². The van der Waals surface area contributed by atoms with Crippen LogP contribution in [0, 0.1) is 17.2 Å². The number of carbonyl (C=O) groups is 1. The first-order valence-electron chi connectivity index (χ1n) is 8.21. The number of carbonyl (C=O) groups excluding carboxylic acids is 1. The van der Waals surface area contributed by atoms with Crippen molar-refractivity contribution in [2.75, 3.05) is 31.7 Å². The molecule has 0 unspecified atom stereocenters. The summed E-state index contributed by atoms with van der Waals surface area (Å²) in [5.41, 5.74) is 5.29. The Labute approximate surface area is 140 Å². The number of piperidine rings is 1. The van der Waals surface area contributed by atoms with Crippen molar-refractivity contribution in [2.45, 2.75) is 19.8 Å². The van der Waals surface area contributed by atoms with E-state index in [1.54, 1.807) is 12.4 Å². The summed E-state index contributed by atoms with van der Waals surface area (Å²) in [5.74, 6) is 0.109. The molecule has 7 heteroatoms. The minimum Gasteiger partial charge on any atom is -0.374 e. The summed E-state index contributed by atoms with van der Waals surface area (Å²) in [7, 11) is 0. The molecule has 2 aromatic rings. The number of aromatic amines is 1. The molecule has 2 N–H and O–H groups in total. The van der Waals surface area contributed by atoms with Crippen LogP contribution in [0.15, 0.2) is 18.5 Å². The third kappa shape index (κ3) is 3.40. The van der Waals surface area contributed by atoms with Crippen LogP contribution < -0.4 is 5.43 Å². The highest BCUT2D eigenvalue weighted by Gasteiger charge is 2.26. The first-order chi connectivity index (χ1) is 11.7. The van der Waals surface area contributed by atoms with Gasteiger partial charge in [0.05, 0.1) is 11.3 Å². The van der Waals surface area contributed by atoms with Crippen LogP contribution in [0.3, 0.4) is 0 Å². The number of pyridine rings is 1. The second kappa shape index (κ2) is 7.43. The quantitative estimate of drug-likeness (QED) is 0.843. The normalized spacial score (nSPS) is 18.4. The number of hydrogen-bond donors (Lipinski definition) is 2. The summed E-state index contributed by atoms with van der Waals surface area (Å²) in [5, 5.41) is 12.2. The van der Waals surface area contributed by atoms with E-state index in [-0.39, 0.29) is 18.3 Å². The Morgan fingerprint density at radius 3 is 3.29 bits per heavy atom. The number of nitrogens with zero attached hydrogens (tertiary/aromatic N) is 3. The number of anilines is 1. The lowest BCUT2D eigenvalue weighted by Crippen LogP contribution is -2.43. The van der Waals surface area contributed by atoms with E-state index < -0.39 is 0 Å². The first-order valence-corrected chi connectivity index (χ1v) is 8.21. The molecular weight excluding hydrogens is 306 g/mol. The highest BCUT2D eigenvalue weighted by molar-refractivity contribution is 5.92. The largest absolute Gasteiger partial charge is 0.374 e. The van der Waals surface area contributed by atoms with Gasteiger partial charge in [0.15, 0.2) is 5.78 Å². The zero-order chi connectivity index (χ0) is 16.9. The molecule has 3 heterocycles. The monoisotopic (exact) mass is 327 g/mol. The van der Waals surface area contributed by atoms with Crippen LogP contribution in [-0.2, 0) is 9.53 Å². The van der Waals surface area contributed by atoms with Gasteiger partial charge in [0.2, 0.25) is 0 Å². The number of nitrogens with one attached hydrogen (secondary N) is 2. The van der Waals surface area contributed by atoms with Crippen LogP contribution in [0.1, 0.15) is 25.3 Å². The van der Waals surface area contributed by atoms with Gasteiger partial charge < -0.3 is 15.1 Å². The summed E-state index contributed by atoms with van der Waals surface area (Å²) >= 11 is 0. The number of ether oxygens (including phenoxy) is 1. The van der Waals surface area contributed by atoms with Gasteiger partial charge in [-0.2, -0.15) is 5.26 Å². The zero-order valence-corrected chi connectivity index (χ0v) is 13.7. The predicted octanol–water partition coefficient (Wildman–Crippen LogP) is 2.08. The molecule has 24 heavy (non-hydrogen) atoms. The first kappa shape index (κ1) is 16.4. The number of ketones is 1. The molecule has 0 spiro atoms. The standard InChI is InChI=1S/C17H21N5O2/c1-2-24-11-15(23)12-4-3-7-22(10-12)21-16-13(8-18)9-20-17-14(16)5-6-19-17/h5-6,9,12H,2-4,7,10-11H2,1H3,(H2,19,20,21)/t12-/m0/s1. The van der Waals surface area contributed by atoms with E-state index in [1.807, 2.05) is 18.0 Å². The van der Waals surface area contributed by atoms with Crippen LogP contribution in [-0.4, -0.2) is 47.1 Å². The van der Waals surface area contributed by atoms with Crippen molar-refractivity contribution >= 4 is 22.5 Å². The van der Waals surface area contributed by atoms with E-state index in [0.717, 1.165) is 36.1 Å². The van der Waals surface area contributed by atoms with Crippen molar-refractivity contribution < 1.29 is 9.53 Å². The third-order valence-electron chi connectivity index (χ3n) is 4.30. The molecule has 0 aromatic carbocycles. The fraction of sp³-hybridized carbons (Fsp3) is 0.471. The SMILES string of the molecule is CCOCC(=O)[C@H]1CCCN(Nc2c(C#N)cnc3[nH]ccc23)C1. The second-order valence-electron chi connectivity index (χ2n) is 5.90. The van der Waals surface area contributed by atoms with Crippen molar-refractivity contribution in [3.05, 3.63) is 24.0 Å². The number of rotatable bonds is 6. The van der Waals surface area contributed by atoms with Crippen molar-refractivity contribution in [3.8, 4) is 6.07 Å². The van der Waals surface area contributed by atoms with Crippen molar-refractivity contribution in [1.29, 1.82) is 5.26 Å². The molecule has 126 valence electrons. The number of nitriles is 1. The number of H-pyrrole nitrogens is 1. The summed E-state index contributed by atoms with van der Waals surface area (Å²) in [6.45, 7) is 4.06. The third-order valence-corrected chi connectivity index (χ3v) is 4.30. The van der Waals surface area contributed by atoms with Gasteiger partial charge in [0.25, 0.3) is 0 Å². The Morgan fingerprint density at radius 1 is 1.62 bits per heavy atom. The lowest BCUT2D eigenvalue weighted by atomic mass is 9.95. The van der Waals surface area contributed by atoms with Gasteiger partial charge in [0.1, 0.15) is 18.3 Å². The van der Waals surface area contributed by atoms with E-state index in [1.165, 1.54) is 0 Å². The molecule has 2 aromatic heterocycles. The summed E-state index contributed by atoms with van der Waals surface area (Å²) < 4.78 is 5.24. The van der Waals surface area contributed by atoms with Crippen molar-refractivity contribution in [1.82, 2.24) is 15.0 Å². The van der Waals surface area contributed by atoms with E-state index in [2.05, 4.69) is 21.5 Å². The number of Topliss-reactive ketones (excluding diaryl/α,β-unsaturated/α-hetero) is 1. The molecule has 0 aliphatic carbocycles. The Hall–Kier alpha value is -2.43. The van der Waals surface area contributed by atoms with Crippen LogP contribution in [0.2, 0.25) is 0 Å². The van der Waals surface area contributed by atoms with Gasteiger partial charge in [-0.3, -0.25) is 4.79 Å². The fourth-order valence-corrected chi connectivity index (χ4v) is 3.03. The van der Waals surface area contributed by atoms with E-state index in [9.17, 15) is 10.1 Å². The molecule has 0 bridgehead atoms. The molecule has 1 aliphatic heterocycles. The molecule has 1 saturated heterocycles. The average molecular weight is 327 g/mol. The van der Waals surface area contributed by atoms with Crippen molar-refractivity contribution in [3.63, 3.8) is 0 Å². The number of fused-ring (bicyclic) bond motifs is 1. The molecule has 3 rings (SSSR count). The molecule has 0 radical (unpaired) electrons. The molecule has 1 aliphatic rings. The molecule has 7 nitrogen and oxygen atoms in total. The topological polar surface area (TPSA) is 94.0 Å². The summed E-state index contributed by atoms with van der Waals surface area (Å²) in [6, 6.07) is 4.07. The lowest BCUT2D eigenvalue weighted by Gasteiger charge is -2.33. The van der Waals surface area contributed by atoms with Crippen LogP contribution >= 0.6 is 0 Å². The highest BCUT2D eigenvalue weighted by Crippen LogP contribution is 2.27. The Morgan fingerprint density at radius 2 is 2.50 bits per heavy atom. The Bertz CT molecular complexity index is 764. The Balaban J connectivity index is 1.75. The molecule has 1 fully saturated rings. The summed E-state index contributed by atoms with van der Waals surface area (Å²) in [4.78, 5) is 19.5. The summed E-state index contributed by atoms with van der Waals surface area (Å²) in [6.07, 6.45) is 5.17. The smallest absolute Gasteiger partial charge is 0.162 e. The fourth-order valence-electron chi connectivity index (χ4n) is 3.03. The van der Waals surface area contributed by atoms with Gasteiger partial charge in [0, 0.05) is 43.4 Å². The van der Waals surface area contributed by atoms with Gasteiger partial charge >= 0.3 is 0 Å². The predicted molar refractivity (Wildman–Crippen MR) is 90.2 cm³/mol. The molecular formula is C17H21N5O2. The van der Waals surface area contributed by atoms with E-state index >= 15 is 0 Å². The minimum atomic E-state index is -0.0353. The minimum absolute atomic E-state index is 0.0353. The van der Waals surface area contributed by atoms with E-state index in [0.29, 0.717) is 18.7 Å².